The van der Waals surface area contributed by atoms with E-state index in [0.29, 0.717) is 0 Å². The van der Waals surface area contributed by atoms with E-state index in [0.717, 1.165) is 5.56 Å². The van der Waals surface area contributed by atoms with Gasteiger partial charge in [-0.3, -0.25) is 4.90 Å². The summed E-state index contributed by atoms with van der Waals surface area (Å²) in [5.74, 6) is 0. The molecule has 0 bridgehead atoms. The van der Waals surface area contributed by atoms with Gasteiger partial charge in [0.25, 0.3) is 6.43 Å². The van der Waals surface area contributed by atoms with Gasteiger partial charge in [0.1, 0.15) is 0 Å². The lowest BCUT2D eigenvalue weighted by Gasteiger charge is -2.30. The Morgan fingerprint density at radius 1 is 1.24 bits per heavy atom. The lowest BCUT2D eigenvalue weighted by Crippen LogP contribution is -2.38. The van der Waals surface area contributed by atoms with E-state index in [2.05, 4.69) is 0 Å². The lowest BCUT2D eigenvalue weighted by atomic mass is 10.1. The number of hydrogen-bond donors (Lipinski definition) is 2. The minimum atomic E-state index is -2.43. The van der Waals surface area contributed by atoms with Crippen molar-refractivity contribution >= 4 is 0 Å². The molecule has 17 heavy (non-hydrogen) atoms. The summed E-state index contributed by atoms with van der Waals surface area (Å²) in [4.78, 5) is 1.51. The van der Waals surface area contributed by atoms with E-state index >= 15 is 0 Å². The quantitative estimate of drug-likeness (QED) is 0.759. The van der Waals surface area contributed by atoms with Crippen LogP contribution in [0.2, 0.25) is 0 Å². The SMILES string of the molecule is NCC(c1ccccc1)N(CCO)CC(F)F. The molecule has 1 unspecified atom stereocenters. The fourth-order valence-electron chi connectivity index (χ4n) is 1.85. The summed E-state index contributed by atoms with van der Waals surface area (Å²) in [6.07, 6.45) is -2.43. The zero-order chi connectivity index (χ0) is 12.7. The summed E-state index contributed by atoms with van der Waals surface area (Å²) in [6, 6.07) is 8.98. The summed E-state index contributed by atoms with van der Waals surface area (Å²) in [6.45, 7) is -0.0921. The molecule has 5 heteroatoms. The number of rotatable bonds is 7. The maximum Gasteiger partial charge on any atom is 0.251 e. The molecule has 96 valence electrons. The number of nitrogens with zero attached hydrogens (tertiary/aromatic N) is 1. The van der Waals surface area contributed by atoms with Crippen molar-refractivity contribution < 1.29 is 13.9 Å². The molecule has 1 atom stereocenters. The van der Waals surface area contributed by atoms with Crippen molar-refractivity contribution in [3.8, 4) is 0 Å². The second-order valence-corrected chi connectivity index (χ2v) is 3.77. The molecule has 0 aliphatic rings. The van der Waals surface area contributed by atoms with Gasteiger partial charge in [-0.1, -0.05) is 30.3 Å². The third kappa shape index (κ3) is 4.38. The maximum atomic E-state index is 12.5. The Balaban J connectivity index is 2.81. The highest BCUT2D eigenvalue weighted by Gasteiger charge is 2.21. The monoisotopic (exact) mass is 244 g/mol. The van der Waals surface area contributed by atoms with E-state index in [4.69, 9.17) is 10.8 Å². The third-order valence-corrected chi connectivity index (χ3v) is 2.61. The van der Waals surface area contributed by atoms with Crippen LogP contribution in [0.4, 0.5) is 8.78 Å². The Labute approximate surface area is 99.8 Å². The first-order chi connectivity index (χ1) is 8.19. The van der Waals surface area contributed by atoms with E-state index in [1.165, 1.54) is 4.90 Å². The molecule has 1 aromatic rings. The average molecular weight is 244 g/mol. The van der Waals surface area contributed by atoms with Crippen LogP contribution in [0.1, 0.15) is 11.6 Å². The fourth-order valence-corrected chi connectivity index (χ4v) is 1.85. The van der Waals surface area contributed by atoms with Crippen LogP contribution in [0.5, 0.6) is 0 Å². The Morgan fingerprint density at radius 3 is 2.35 bits per heavy atom. The topological polar surface area (TPSA) is 49.5 Å². The van der Waals surface area contributed by atoms with Crippen LogP contribution in [0.3, 0.4) is 0 Å². The maximum absolute atomic E-state index is 12.5. The predicted octanol–water partition coefficient (Wildman–Crippen LogP) is 1.25. The average Bonchev–Trinajstić information content (AvgIpc) is 2.31. The number of nitrogens with two attached hydrogens (primary N) is 1. The van der Waals surface area contributed by atoms with Crippen LogP contribution in [0.25, 0.3) is 0 Å². The van der Waals surface area contributed by atoms with Gasteiger partial charge >= 0.3 is 0 Å². The molecule has 0 saturated heterocycles. The van der Waals surface area contributed by atoms with Crippen molar-refractivity contribution in [2.75, 3.05) is 26.2 Å². The van der Waals surface area contributed by atoms with E-state index in [1.807, 2.05) is 30.3 Å². The summed E-state index contributed by atoms with van der Waals surface area (Å²) >= 11 is 0. The molecule has 0 spiro atoms. The molecule has 0 radical (unpaired) electrons. The van der Waals surface area contributed by atoms with Crippen molar-refractivity contribution in [3.05, 3.63) is 35.9 Å². The highest BCUT2D eigenvalue weighted by Crippen LogP contribution is 2.20. The van der Waals surface area contributed by atoms with Gasteiger partial charge < -0.3 is 10.8 Å². The molecule has 0 heterocycles. The predicted molar refractivity (Wildman–Crippen MR) is 62.9 cm³/mol. The molecular formula is C12H18F2N2O. The summed E-state index contributed by atoms with van der Waals surface area (Å²) in [5.41, 5.74) is 6.54. The Bertz CT molecular complexity index is 309. The highest BCUT2D eigenvalue weighted by atomic mass is 19.3. The Morgan fingerprint density at radius 2 is 1.88 bits per heavy atom. The molecule has 0 aromatic heterocycles. The molecule has 0 amide bonds. The van der Waals surface area contributed by atoms with Crippen molar-refractivity contribution in [2.45, 2.75) is 12.5 Å². The molecule has 1 rings (SSSR count). The first kappa shape index (κ1) is 14.0. The van der Waals surface area contributed by atoms with E-state index in [9.17, 15) is 8.78 Å². The molecule has 1 aromatic carbocycles. The number of alkyl halides is 2. The summed E-state index contributed by atoms with van der Waals surface area (Å²) in [5, 5.41) is 8.91. The Kier molecular flexibility index (Phi) is 6.04. The van der Waals surface area contributed by atoms with E-state index in [1.54, 1.807) is 0 Å². The molecule has 0 aliphatic carbocycles. The minimum absolute atomic E-state index is 0.157. The van der Waals surface area contributed by atoms with Crippen LogP contribution in [0, 0.1) is 0 Å². The van der Waals surface area contributed by atoms with Gasteiger partial charge in [0.15, 0.2) is 0 Å². The normalized spacial score (nSPS) is 13.3. The fraction of sp³-hybridized carbons (Fsp3) is 0.500. The number of benzene rings is 1. The van der Waals surface area contributed by atoms with Crippen molar-refractivity contribution in [2.24, 2.45) is 5.73 Å². The standard InChI is InChI=1S/C12H18F2N2O/c13-12(14)9-16(6-7-17)11(8-15)10-4-2-1-3-5-10/h1-5,11-12,17H,6-9,15H2. The Hall–Kier alpha value is -1.04. The molecule has 3 N–H and O–H groups in total. The smallest absolute Gasteiger partial charge is 0.251 e. The lowest BCUT2D eigenvalue weighted by molar-refractivity contribution is 0.0562. The minimum Gasteiger partial charge on any atom is -0.395 e. The van der Waals surface area contributed by atoms with Crippen LogP contribution in [-0.2, 0) is 0 Å². The van der Waals surface area contributed by atoms with Crippen LogP contribution < -0.4 is 5.73 Å². The first-order valence-corrected chi connectivity index (χ1v) is 5.57. The van der Waals surface area contributed by atoms with Gasteiger partial charge in [0.05, 0.1) is 13.2 Å². The zero-order valence-electron chi connectivity index (χ0n) is 9.60. The van der Waals surface area contributed by atoms with Crippen LogP contribution in [0.15, 0.2) is 30.3 Å². The second-order valence-electron chi connectivity index (χ2n) is 3.77. The number of hydrogen-bond acceptors (Lipinski definition) is 3. The zero-order valence-corrected chi connectivity index (χ0v) is 9.60. The van der Waals surface area contributed by atoms with Gasteiger partial charge in [0.2, 0.25) is 0 Å². The highest BCUT2D eigenvalue weighted by molar-refractivity contribution is 5.19. The molecule has 0 fully saturated rings. The van der Waals surface area contributed by atoms with Crippen molar-refractivity contribution in [1.82, 2.24) is 4.90 Å². The van der Waals surface area contributed by atoms with Gasteiger partial charge in [-0.15, -0.1) is 0 Å². The van der Waals surface area contributed by atoms with Crippen LogP contribution in [-0.4, -0.2) is 42.7 Å². The molecule has 3 nitrogen and oxygen atoms in total. The van der Waals surface area contributed by atoms with Gasteiger partial charge in [-0.05, 0) is 5.56 Å². The summed E-state index contributed by atoms with van der Waals surface area (Å²) in [7, 11) is 0. The largest absolute Gasteiger partial charge is 0.395 e. The van der Waals surface area contributed by atoms with Gasteiger partial charge in [0, 0.05) is 19.1 Å². The molecular weight excluding hydrogens is 226 g/mol. The van der Waals surface area contributed by atoms with E-state index < -0.39 is 6.43 Å². The van der Waals surface area contributed by atoms with Gasteiger partial charge in [-0.25, -0.2) is 8.78 Å². The van der Waals surface area contributed by atoms with Gasteiger partial charge in [-0.2, -0.15) is 0 Å². The van der Waals surface area contributed by atoms with Crippen LogP contribution >= 0.6 is 0 Å². The van der Waals surface area contributed by atoms with Crippen molar-refractivity contribution in [3.63, 3.8) is 0 Å². The summed E-state index contributed by atoms with van der Waals surface area (Å²) < 4.78 is 24.9. The number of aliphatic hydroxyl groups excluding tert-OH is 1. The van der Waals surface area contributed by atoms with E-state index in [-0.39, 0.29) is 32.3 Å². The second kappa shape index (κ2) is 7.32. The molecule has 0 aliphatic heterocycles. The number of halogens is 2. The number of aliphatic hydroxyl groups is 1. The third-order valence-electron chi connectivity index (χ3n) is 2.61. The molecule has 0 saturated carbocycles. The first-order valence-electron chi connectivity index (χ1n) is 5.57. The van der Waals surface area contributed by atoms with Crippen molar-refractivity contribution in [1.29, 1.82) is 0 Å².